The van der Waals surface area contributed by atoms with Crippen LogP contribution in [-0.4, -0.2) is 19.6 Å². The van der Waals surface area contributed by atoms with E-state index >= 15 is 0 Å². The van der Waals surface area contributed by atoms with Crippen molar-refractivity contribution in [3.05, 3.63) is 169 Å². The van der Waals surface area contributed by atoms with Crippen molar-refractivity contribution < 1.29 is 10.6 Å². The Morgan fingerprint density at radius 2 is 1.37 bits per heavy atom. The Morgan fingerprint density at radius 1 is 0.627 bits per heavy atom. The van der Waals surface area contributed by atoms with Gasteiger partial charge in [0.05, 0.1) is 23.7 Å². The second-order valence-corrected chi connectivity index (χ2v) is 13.8. The lowest BCUT2D eigenvalue weighted by Crippen LogP contribution is -2.11. The molecule has 0 aliphatic heterocycles. The number of nitrogens with zero attached hydrogens (tertiary/aromatic N) is 3. The highest BCUT2D eigenvalue weighted by molar-refractivity contribution is 5.97. The van der Waals surface area contributed by atoms with Crippen LogP contribution in [0.15, 0.2) is 158 Å². The average Bonchev–Trinajstić information content (AvgIpc) is 3.57. The van der Waals surface area contributed by atoms with E-state index in [2.05, 4.69) is 51.1 Å². The van der Waals surface area contributed by atoms with E-state index in [-0.39, 0.29) is 16.7 Å². The zero-order valence-corrected chi connectivity index (χ0v) is 28.7. The van der Waals surface area contributed by atoms with E-state index < -0.39 is 6.85 Å². The third-order valence-corrected chi connectivity index (χ3v) is 9.39. The fourth-order valence-electron chi connectivity index (χ4n) is 6.69. The average molecular weight is 666 g/mol. The van der Waals surface area contributed by atoms with Crippen LogP contribution in [0.3, 0.4) is 0 Å². The van der Waals surface area contributed by atoms with Crippen molar-refractivity contribution in [1.29, 1.82) is 0 Å². The lowest BCUT2D eigenvalue weighted by molar-refractivity contribution is 0.477. The first kappa shape index (κ1) is 27.5. The van der Waals surface area contributed by atoms with Crippen molar-refractivity contribution in [1.82, 2.24) is 14.5 Å². The van der Waals surface area contributed by atoms with Gasteiger partial charge in [-0.15, -0.1) is 0 Å². The van der Waals surface area contributed by atoms with Crippen molar-refractivity contribution >= 4 is 11.0 Å². The molecular formula is C47H39N3O. The molecule has 4 heteroatoms. The van der Waals surface area contributed by atoms with Crippen molar-refractivity contribution in [2.24, 2.45) is 0 Å². The highest BCUT2D eigenvalue weighted by Gasteiger charge is 2.22. The zero-order valence-electron chi connectivity index (χ0n) is 32.7. The van der Waals surface area contributed by atoms with Gasteiger partial charge in [-0.25, -0.2) is 4.98 Å². The van der Waals surface area contributed by atoms with Gasteiger partial charge < -0.3 is 5.11 Å². The maximum Gasteiger partial charge on any atom is 0.149 e. The molecule has 0 aliphatic rings. The molecule has 2 heterocycles. The van der Waals surface area contributed by atoms with Crippen LogP contribution in [0.1, 0.15) is 37.4 Å². The molecule has 8 rings (SSSR count). The first-order chi connectivity index (χ1) is 26.3. The summed E-state index contributed by atoms with van der Waals surface area (Å²) in [6.07, 6.45) is 1.82. The summed E-state index contributed by atoms with van der Waals surface area (Å²) in [5.41, 5.74) is 10.9. The number of hydrogen-bond donors (Lipinski definition) is 1. The van der Waals surface area contributed by atoms with E-state index in [0.717, 1.165) is 50.2 Å². The molecule has 0 unspecified atom stereocenters. The molecule has 0 aliphatic carbocycles. The van der Waals surface area contributed by atoms with Crippen LogP contribution in [0.5, 0.6) is 5.75 Å². The first-order valence-corrected chi connectivity index (χ1v) is 17.0. The summed E-state index contributed by atoms with van der Waals surface area (Å²) >= 11 is 0. The van der Waals surface area contributed by atoms with Gasteiger partial charge in [0.1, 0.15) is 11.6 Å². The second-order valence-electron chi connectivity index (χ2n) is 13.8. The minimum absolute atomic E-state index is 0.0675. The normalized spacial score (nSPS) is 13.0. The smallest absolute Gasteiger partial charge is 0.149 e. The van der Waals surface area contributed by atoms with Crippen LogP contribution in [-0.2, 0) is 5.41 Å². The third kappa shape index (κ3) is 6.10. The molecule has 2 aromatic heterocycles. The van der Waals surface area contributed by atoms with Gasteiger partial charge in [-0.1, -0.05) is 118 Å². The number of hydrogen-bond acceptors (Lipinski definition) is 3. The summed E-state index contributed by atoms with van der Waals surface area (Å²) in [4.78, 5) is 10.1. The number of aromatic hydroxyl groups is 1. The Bertz CT molecular complexity index is 2690. The van der Waals surface area contributed by atoms with Gasteiger partial charge in [0.2, 0.25) is 0 Å². The van der Waals surface area contributed by atoms with Crippen LogP contribution >= 0.6 is 0 Å². The lowest BCUT2D eigenvalue weighted by atomic mass is 9.83. The molecule has 0 radical (unpaired) electrons. The van der Waals surface area contributed by atoms with Crippen molar-refractivity contribution in [2.75, 3.05) is 0 Å². The molecule has 0 amide bonds. The molecule has 6 aromatic carbocycles. The number of aryl methyl sites for hydroxylation is 1. The number of phenols is 1. The minimum Gasteiger partial charge on any atom is -0.507 e. The number of aromatic nitrogens is 3. The molecule has 0 saturated carbocycles. The first-order valence-electron chi connectivity index (χ1n) is 19.0. The lowest BCUT2D eigenvalue weighted by Gasteiger charge is -2.22. The van der Waals surface area contributed by atoms with E-state index in [1.54, 1.807) is 30.3 Å². The van der Waals surface area contributed by atoms with E-state index in [0.29, 0.717) is 34.2 Å². The van der Waals surface area contributed by atoms with Crippen molar-refractivity contribution in [3.63, 3.8) is 0 Å². The summed E-state index contributed by atoms with van der Waals surface area (Å²) in [7, 11) is 0. The molecule has 0 atom stereocenters. The molecule has 0 fully saturated rings. The molecule has 4 nitrogen and oxygen atoms in total. The summed E-state index contributed by atoms with van der Waals surface area (Å²) in [5.74, 6) is 0.558. The third-order valence-electron chi connectivity index (χ3n) is 9.39. The van der Waals surface area contributed by atoms with Crippen molar-refractivity contribution in [3.8, 4) is 67.5 Å². The zero-order chi connectivity index (χ0) is 38.5. The fourth-order valence-corrected chi connectivity index (χ4v) is 6.69. The molecular weight excluding hydrogens is 623 g/mol. The van der Waals surface area contributed by atoms with Gasteiger partial charge in [0, 0.05) is 27.1 Å². The van der Waals surface area contributed by atoms with E-state index in [9.17, 15) is 5.11 Å². The number of pyridine rings is 1. The Balaban J connectivity index is 1.36. The van der Waals surface area contributed by atoms with Gasteiger partial charge in [-0.2, -0.15) is 0 Å². The summed E-state index contributed by atoms with van der Waals surface area (Å²) in [5, 5.41) is 11.2. The molecule has 0 saturated heterocycles. The highest BCUT2D eigenvalue weighted by Crippen LogP contribution is 2.40. The van der Waals surface area contributed by atoms with Crippen LogP contribution in [0.25, 0.3) is 72.7 Å². The Kier molecular flexibility index (Phi) is 6.96. The van der Waals surface area contributed by atoms with Crippen LogP contribution in [0.4, 0.5) is 0 Å². The number of benzene rings is 6. The Labute approximate surface area is 305 Å². The molecule has 0 spiro atoms. The quantitative estimate of drug-likeness (QED) is 0.192. The maximum atomic E-state index is 11.2. The van der Waals surface area contributed by atoms with Gasteiger partial charge >= 0.3 is 0 Å². The van der Waals surface area contributed by atoms with Gasteiger partial charge in [-0.3, -0.25) is 9.55 Å². The van der Waals surface area contributed by atoms with Crippen LogP contribution < -0.4 is 0 Å². The van der Waals surface area contributed by atoms with Crippen molar-refractivity contribution in [2.45, 2.75) is 33.0 Å². The van der Waals surface area contributed by atoms with E-state index in [1.165, 1.54) is 0 Å². The number of para-hydroxylation sites is 2. The second kappa shape index (κ2) is 12.9. The van der Waals surface area contributed by atoms with Gasteiger partial charge in [-0.05, 0) is 106 Å². The largest absolute Gasteiger partial charge is 0.507 e. The van der Waals surface area contributed by atoms with E-state index in [4.69, 9.17) is 15.5 Å². The summed E-state index contributed by atoms with van der Waals surface area (Å²) in [6, 6.07) is 46.7. The predicted octanol–water partition coefficient (Wildman–Crippen LogP) is 12.1. The number of phenolic OH excluding ortho intramolecular Hbond substituents is 1. The highest BCUT2D eigenvalue weighted by atomic mass is 16.3. The standard InChI is InChI=1S/C47H39N3O/c1-31-26-38(22-23-39(31)33-16-9-6-10-17-33)50-43-20-13-19-40(45(43)49-46(50)41-18-11-12-21-44(41)51)35-27-36(29-37(28-35)47(2,3)4)42-30-34(24-25-48-42)32-14-7-5-8-15-32/h5-30,51H,1-4H3/i1D3,5D. The monoisotopic (exact) mass is 665 g/mol. The summed E-state index contributed by atoms with van der Waals surface area (Å²) in [6.45, 7) is 4.18. The number of fused-ring (bicyclic) bond motifs is 1. The minimum atomic E-state index is -2.39. The van der Waals surface area contributed by atoms with E-state index in [1.807, 2.05) is 95.7 Å². The maximum absolute atomic E-state index is 11.2. The number of rotatable bonds is 6. The molecule has 248 valence electrons. The molecule has 0 bridgehead atoms. The fraction of sp³-hybridized carbons (Fsp3) is 0.106. The molecule has 51 heavy (non-hydrogen) atoms. The number of imidazole rings is 1. The molecule has 1 N–H and O–H groups in total. The van der Waals surface area contributed by atoms with Gasteiger partial charge in [0.25, 0.3) is 0 Å². The SMILES string of the molecule is [2H]c1ccc(-c2ccnc(-c3cc(-c4cccc5c4nc(-c4ccccc4O)n5-c4ccc(-c5ccccc5)c(C([2H])([2H])[2H])c4)cc(C(C)(C)C)c3)c2)cc1. The van der Waals surface area contributed by atoms with Gasteiger partial charge in [0.15, 0.2) is 0 Å². The Morgan fingerprint density at radius 3 is 2.16 bits per heavy atom. The topological polar surface area (TPSA) is 50.9 Å². The molecule has 8 aromatic rings. The van der Waals surface area contributed by atoms with Crippen LogP contribution in [0.2, 0.25) is 0 Å². The summed E-state index contributed by atoms with van der Waals surface area (Å²) < 4.78 is 35.5. The predicted molar refractivity (Wildman–Crippen MR) is 211 cm³/mol. The Hall–Kier alpha value is -6.26. The van der Waals surface area contributed by atoms with Crippen LogP contribution in [0, 0.1) is 6.85 Å².